The molecule has 5 nitrogen and oxygen atoms in total. The number of hydrogen-bond acceptors (Lipinski definition) is 4. The molecule has 0 saturated heterocycles. The van der Waals surface area contributed by atoms with Crippen molar-refractivity contribution in [3.63, 3.8) is 0 Å². The fraction of sp³-hybridized carbons (Fsp3) is 0.667. The summed E-state index contributed by atoms with van der Waals surface area (Å²) in [5.41, 5.74) is 6.54. The molecule has 124 valence electrons. The van der Waals surface area contributed by atoms with Crippen LogP contribution in [0.1, 0.15) is 57.1 Å². The molecule has 23 heavy (non-hydrogen) atoms. The van der Waals surface area contributed by atoms with Crippen LogP contribution < -0.4 is 5.73 Å². The van der Waals surface area contributed by atoms with Gasteiger partial charge in [0.15, 0.2) is 5.72 Å². The Morgan fingerprint density at radius 1 is 1.09 bits per heavy atom. The predicted molar refractivity (Wildman–Crippen MR) is 89.4 cm³/mol. The van der Waals surface area contributed by atoms with Gasteiger partial charge in [-0.05, 0) is 43.6 Å². The second-order valence-corrected chi connectivity index (χ2v) is 7.40. The smallest absolute Gasteiger partial charge is 0.160 e. The molecule has 0 aliphatic heterocycles. The monoisotopic (exact) mass is 314 g/mol. The summed E-state index contributed by atoms with van der Waals surface area (Å²) >= 11 is 0. The Morgan fingerprint density at radius 3 is 2.48 bits per heavy atom. The number of aromatic amines is 1. The van der Waals surface area contributed by atoms with E-state index in [1.807, 2.05) is 12.3 Å². The first-order chi connectivity index (χ1) is 11.2. The summed E-state index contributed by atoms with van der Waals surface area (Å²) in [6, 6.07) is 1.92. The summed E-state index contributed by atoms with van der Waals surface area (Å²) in [5.74, 6) is 1.15. The molecule has 2 saturated carbocycles. The van der Waals surface area contributed by atoms with Gasteiger partial charge >= 0.3 is 0 Å². The maximum atomic E-state index is 11.4. The molecule has 2 aliphatic carbocycles. The molecule has 0 spiro atoms. The third-order valence-corrected chi connectivity index (χ3v) is 5.78. The molecule has 5 heteroatoms. The van der Waals surface area contributed by atoms with Crippen LogP contribution in [-0.4, -0.2) is 20.1 Å². The van der Waals surface area contributed by atoms with Crippen LogP contribution in [0.15, 0.2) is 18.6 Å². The normalized spacial score (nSPS) is 24.3. The summed E-state index contributed by atoms with van der Waals surface area (Å²) < 4.78 is 0. The zero-order valence-electron chi connectivity index (χ0n) is 13.5. The topological polar surface area (TPSA) is 87.8 Å². The van der Waals surface area contributed by atoms with Gasteiger partial charge in [-0.25, -0.2) is 9.97 Å². The molecule has 2 aliphatic rings. The molecular formula is C18H26N4O. The summed E-state index contributed by atoms with van der Waals surface area (Å²) in [7, 11) is 0. The van der Waals surface area contributed by atoms with Crippen molar-refractivity contribution in [1.82, 2.24) is 15.0 Å². The average Bonchev–Trinajstić information content (AvgIpc) is 3.30. The van der Waals surface area contributed by atoms with E-state index in [-0.39, 0.29) is 5.92 Å². The molecule has 2 aromatic rings. The lowest BCUT2D eigenvalue weighted by Gasteiger charge is -2.38. The van der Waals surface area contributed by atoms with Gasteiger partial charge in [-0.1, -0.05) is 25.7 Å². The number of nitrogens with two attached hydrogens (primary N) is 1. The average molecular weight is 314 g/mol. The van der Waals surface area contributed by atoms with E-state index in [4.69, 9.17) is 5.73 Å². The number of aromatic nitrogens is 3. The van der Waals surface area contributed by atoms with E-state index in [0.29, 0.717) is 17.5 Å². The van der Waals surface area contributed by atoms with Gasteiger partial charge in [0.25, 0.3) is 0 Å². The number of rotatable bonds is 4. The van der Waals surface area contributed by atoms with Crippen LogP contribution in [-0.2, 0) is 5.72 Å². The van der Waals surface area contributed by atoms with Crippen LogP contribution in [0.4, 0.5) is 0 Å². The molecule has 0 aromatic carbocycles. The number of nitrogens with one attached hydrogen (secondary N) is 1. The molecule has 2 atom stereocenters. The lowest BCUT2D eigenvalue weighted by atomic mass is 9.74. The second-order valence-electron chi connectivity index (χ2n) is 7.40. The Kier molecular flexibility index (Phi) is 3.85. The highest BCUT2D eigenvalue weighted by Gasteiger charge is 2.49. The zero-order valence-corrected chi connectivity index (χ0v) is 13.5. The molecule has 0 bridgehead atoms. The molecule has 2 unspecified atom stereocenters. The van der Waals surface area contributed by atoms with E-state index in [1.165, 1.54) is 57.7 Å². The fourth-order valence-corrected chi connectivity index (χ4v) is 4.58. The van der Waals surface area contributed by atoms with E-state index in [2.05, 4.69) is 15.0 Å². The van der Waals surface area contributed by atoms with E-state index in [0.717, 1.165) is 11.0 Å². The van der Waals surface area contributed by atoms with Gasteiger partial charge in [0.1, 0.15) is 12.0 Å². The minimum atomic E-state index is -1.38. The SMILES string of the molecule is NC(O)(c1ncnc2[nH]ccc12)C(C1CCCCCC1)C1CC1. The van der Waals surface area contributed by atoms with E-state index in [9.17, 15) is 5.11 Å². The van der Waals surface area contributed by atoms with E-state index >= 15 is 0 Å². The van der Waals surface area contributed by atoms with Gasteiger partial charge in [-0.3, -0.25) is 5.73 Å². The van der Waals surface area contributed by atoms with Crippen molar-refractivity contribution in [3.05, 3.63) is 24.3 Å². The van der Waals surface area contributed by atoms with Gasteiger partial charge in [-0.2, -0.15) is 0 Å². The van der Waals surface area contributed by atoms with Crippen molar-refractivity contribution in [1.29, 1.82) is 0 Å². The Labute approximate surface area is 136 Å². The standard InChI is InChI=1S/C18H26N4O/c19-18(23,16-14-9-10-20-17(14)22-11-21-16)15(13-7-8-13)12-5-3-1-2-4-6-12/h9-13,15,23H,1-8,19H2,(H,20,21,22). The molecule has 0 amide bonds. The van der Waals surface area contributed by atoms with Crippen LogP contribution >= 0.6 is 0 Å². The zero-order chi connectivity index (χ0) is 15.9. The highest BCUT2D eigenvalue weighted by atomic mass is 16.3. The highest BCUT2D eigenvalue weighted by molar-refractivity contribution is 5.78. The second kappa shape index (κ2) is 5.87. The van der Waals surface area contributed by atoms with Crippen LogP contribution in [0.3, 0.4) is 0 Å². The number of nitrogens with zero attached hydrogens (tertiary/aromatic N) is 2. The molecule has 2 fully saturated rings. The predicted octanol–water partition coefficient (Wildman–Crippen LogP) is 3.06. The minimum Gasteiger partial charge on any atom is -0.370 e. The molecule has 2 aromatic heterocycles. The summed E-state index contributed by atoms with van der Waals surface area (Å²) in [6.07, 6.45) is 13.2. The van der Waals surface area contributed by atoms with Crippen molar-refractivity contribution in [3.8, 4) is 0 Å². The lowest BCUT2D eigenvalue weighted by molar-refractivity contribution is -0.0594. The number of H-pyrrole nitrogens is 1. The Morgan fingerprint density at radius 2 is 1.78 bits per heavy atom. The van der Waals surface area contributed by atoms with E-state index < -0.39 is 5.72 Å². The van der Waals surface area contributed by atoms with Crippen molar-refractivity contribution in [2.24, 2.45) is 23.5 Å². The van der Waals surface area contributed by atoms with Crippen LogP contribution in [0.5, 0.6) is 0 Å². The van der Waals surface area contributed by atoms with E-state index in [1.54, 1.807) is 0 Å². The molecular weight excluding hydrogens is 288 g/mol. The van der Waals surface area contributed by atoms with Crippen molar-refractivity contribution in [2.75, 3.05) is 0 Å². The summed E-state index contributed by atoms with van der Waals surface area (Å²) in [4.78, 5) is 11.7. The van der Waals surface area contributed by atoms with Gasteiger partial charge in [0.05, 0.1) is 5.69 Å². The quantitative estimate of drug-likeness (QED) is 0.598. The summed E-state index contributed by atoms with van der Waals surface area (Å²) in [5, 5.41) is 12.2. The molecule has 4 N–H and O–H groups in total. The van der Waals surface area contributed by atoms with Crippen molar-refractivity contribution >= 4 is 11.0 Å². The van der Waals surface area contributed by atoms with Crippen LogP contribution in [0.2, 0.25) is 0 Å². The Hall–Kier alpha value is -1.46. The minimum absolute atomic E-state index is 0.105. The van der Waals surface area contributed by atoms with Gasteiger partial charge in [0.2, 0.25) is 0 Å². The number of aliphatic hydroxyl groups is 1. The largest absolute Gasteiger partial charge is 0.370 e. The highest BCUT2D eigenvalue weighted by Crippen LogP contribution is 2.50. The third-order valence-electron chi connectivity index (χ3n) is 5.78. The number of fused-ring (bicyclic) bond motifs is 1. The third kappa shape index (κ3) is 2.76. The Bertz CT molecular complexity index is 668. The number of hydrogen-bond donors (Lipinski definition) is 3. The first-order valence-corrected chi connectivity index (χ1v) is 8.97. The van der Waals surface area contributed by atoms with Crippen LogP contribution in [0, 0.1) is 17.8 Å². The van der Waals surface area contributed by atoms with Gasteiger partial charge in [-0.15, -0.1) is 0 Å². The maximum Gasteiger partial charge on any atom is 0.160 e. The molecule has 2 heterocycles. The van der Waals surface area contributed by atoms with Crippen molar-refractivity contribution < 1.29 is 5.11 Å². The van der Waals surface area contributed by atoms with Gasteiger partial charge in [0, 0.05) is 17.5 Å². The maximum absolute atomic E-state index is 11.4. The molecule has 0 radical (unpaired) electrons. The van der Waals surface area contributed by atoms with Crippen molar-refractivity contribution in [2.45, 2.75) is 57.1 Å². The van der Waals surface area contributed by atoms with Crippen LogP contribution in [0.25, 0.3) is 11.0 Å². The Balaban J connectivity index is 1.73. The first kappa shape index (κ1) is 15.1. The first-order valence-electron chi connectivity index (χ1n) is 8.97. The fourth-order valence-electron chi connectivity index (χ4n) is 4.58. The molecule has 4 rings (SSSR count). The lowest BCUT2D eigenvalue weighted by Crippen LogP contribution is -2.49. The van der Waals surface area contributed by atoms with Gasteiger partial charge < -0.3 is 10.1 Å². The summed E-state index contributed by atoms with van der Waals surface area (Å²) in [6.45, 7) is 0.